The Hall–Kier alpha value is -0.920. The summed E-state index contributed by atoms with van der Waals surface area (Å²) in [6, 6.07) is 0. The third-order valence-electron chi connectivity index (χ3n) is 4.09. The van der Waals surface area contributed by atoms with Crippen molar-refractivity contribution < 1.29 is 9.47 Å². The molecule has 2 nitrogen and oxygen atoms in total. The van der Waals surface area contributed by atoms with Gasteiger partial charge in [-0.2, -0.15) is 0 Å². The zero-order valence-electron chi connectivity index (χ0n) is 13.1. The van der Waals surface area contributed by atoms with Crippen molar-refractivity contribution in [2.24, 2.45) is 11.8 Å². The van der Waals surface area contributed by atoms with E-state index >= 15 is 0 Å². The van der Waals surface area contributed by atoms with Gasteiger partial charge in [-0.1, -0.05) is 46.6 Å². The highest BCUT2D eigenvalue weighted by Gasteiger charge is 2.31. The van der Waals surface area contributed by atoms with E-state index in [0.717, 1.165) is 12.2 Å². The first-order valence-corrected chi connectivity index (χ1v) is 7.74. The number of hydrogen-bond acceptors (Lipinski definition) is 2. The maximum Gasteiger partial charge on any atom is 0.157 e. The minimum atomic E-state index is 0.318. The van der Waals surface area contributed by atoms with Gasteiger partial charge >= 0.3 is 0 Å². The van der Waals surface area contributed by atoms with Gasteiger partial charge in [0.2, 0.25) is 0 Å². The molecule has 0 spiro atoms. The molecule has 0 aliphatic carbocycles. The lowest BCUT2D eigenvalue weighted by molar-refractivity contribution is -0.00227. The Balaban J connectivity index is 2.74. The Morgan fingerprint density at radius 1 is 1.47 bits per heavy atom. The van der Waals surface area contributed by atoms with Crippen LogP contribution in [0.15, 0.2) is 24.2 Å². The molecule has 0 N–H and O–H groups in total. The molecule has 19 heavy (non-hydrogen) atoms. The summed E-state index contributed by atoms with van der Waals surface area (Å²) in [7, 11) is 1.65. The number of ether oxygens (including phenoxy) is 2. The van der Waals surface area contributed by atoms with E-state index in [1.165, 1.54) is 32.1 Å². The molecule has 0 aromatic heterocycles. The molecule has 110 valence electrons. The molecule has 1 rings (SSSR count). The van der Waals surface area contributed by atoms with Gasteiger partial charge in [-0.15, -0.1) is 0 Å². The topological polar surface area (TPSA) is 18.5 Å². The molecule has 3 unspecified atom stereocenters. The number of rotatable bonds is 8. The fraction of sp³-hybridized carbons (Fsp3) is 0.765. The molecular weight excluding hydrogens is 236 g/mol. The monoisotopic (exact) mass is 266 g/mol. The lowest BCUT2D eigenvalue weighted by Gasteiger charge is -2.36. The molecule has 1 aliphatic heterocycles. The highest BCUT2D eigenvalue weighted by atomic mass is 16.5. The second-order valence-corrected chi connectivity index (χ2v) is 5.68. The van der Waals surface area contributed by atoms with E-state index in [2.05, 4.69) is 33.4 Å². The minimum absolute atomic E-state index is 0.318. The second-order valence-electron chi connectivity index (χ2n) is 5.68. The van der Waals surface area contributed by atoms with E-state index in [-0.39, 0.29) is 0 Å². The SMILES string of the molecule is C=C(OC)C1=CCC(CCCC)C(C(C)CCC)O1. The molecule has 0 aromatic rings. The molecule has 0 saturated carbocycles. The van der Waals surface area contributed by atoms with Crippen LogP contribution in [0, 0.1) is 11.8 Å². The lowest BCUT2D eigenvalue weighted by atomic mass is 9.82. The lowest BCUT2D eigenvalue weighted by Crippen LogP contribution is -2.33. The van der Waals surface area contributed by atoms with Gasteiger partial charge in [0.05, 0.1) is 7.11 Å². The van der Waals surface area contributed by atoms with Crippen LogP contribution in [0.4, 0.5) is 0 Å². The van der Waals surface area contributed by atoms with Gasteiger partial charge in [0.15, 0.2) is 11.5 Å². The maximum atomic E-state index is 6.20. The molecular formula is C17H30O2. The fourth-order valence-corrected chi connectivity index (χ4v) is 2.91. The first-order chi connectivity index (χ1) is 9.13. The summed E-state index contributed by atoms with van der Waals surface area (Å²) >= 11 is 0. The molecule has 3 atom stereocenters. The molecule has 0 bridgehead atoms. The summed E-state index contributed by atoms with van der Waals surface area (Å²) in [5.74, 6) is 2.75. The van der Waals surface area contributed by atoms with Gasteiger partial charge in [0.1, 0.15) is 6.10 Å². The van der Waals surface area contributed by atoms with Crippen LogP contribution in [0.1, 0.15) is 59.3 Å². The summed E-state index contributed by atoms with van der Waals surface area (Å²) in [6.45, 7) is 10.7. The number of hydrogen-bond donors (Lipinski definition) is 0. The van der Waals surface area contributed by atoms with Crippen LogP contribution in [0.25, 0.3) is 0 Å². The normalized spacial score (nSPS) is 24.3. The van der Waals surface area contributed by atoms with Crippen molar-refractivity contribution in [1.29, 1.82) is 0 Å². The van der Waals surface area contributed by atoms with Crippen molar-refractivity contribution in [1.82, 2.24) is 0 Å². The van der Waals surface area contributed by atoms with Gasteiger partial charge < -0.3 is 9.47 Å². The second kappa shape index (κ2) is 8.29. The third kappa shape index (κ3) is 4.59. The molecule has 0 amide bonds. The van der Waals surface area contributed by atoms with E-state index < -0.39 is 0 Å². The molecule has 0 aromatic carbocycles. The highest BCUT2D eigenvalue weighted by Crippen LogP contribution is 2.35. The van der Waals surface area contributed by atoms with Crippen molar-refractivity contribution in [3.05, 3.63) is 24.2 Å². The smallest absolute Gasteiger partial charge is 0.157 e. The Kier molecular flexibility index (Phi) is 7.04. The fourth-order valence-electron chi connectivity index (χ4n) is 2.91. The molecule has 1 aliphatic rings. The summed E-state index contributed by atoms with van der Waals surface area (Å²) in [5, 5.41) is 0. The van der Waals surface area contributed by atoms with Crippen LogP contribution in [0.2, 0.25) is 0 Å². The van der Waals surface area contributed by atoms with Crippen LogP contribution in [-0.4, -0.2) is 13.2 Å². The van der Waals surface area contributed by atoms with Crippen LogP contribution in [0.3, 0.4) is 0 Å². The summed E-state index contributed by atoms with van der Waals surface area (Å²) in [6.07, 6.45) is 9.81. The summed E-state index contributed by atoms with van der Waals surface area (Å²) in [4.78, 5) is 0. The Bertz CT molecular complexity index is 306. The zero-order valence-corrected chi connectivity index (χ0v) is 13.1. The van der Waals surface area contributed by atoms with Crippen molar-refractivity contribution in [2.45, 2.75) is 65.4 Å². The average Bonchev–Trinajstić information content (AvgIpc) is 2.44. The summed E-state index contributed by atoms with van der Waals surface area (Å²) < 4.78 is 11.4. The van der Waals surface area contributed by atoms with Gasteiger partial charge in [-0.25, -0.2) is 0 Å². The Morgan fingerprint density at radius 3 is 2.79 bits per heavy atom. The van der Waals surface area contributed by atoms with E-state index in [9.17, 15) is 0 Å². The predicted octanol–water partition coefficient (Wildman–Crippen LogP) is 5.06. The van der Waals surface area contributed by atoms with Crippen LogP contribution >= 0.6 is 0 Å². The minimum Gasteiger partial charge on any atom is -0.494 e. The Morgan fingerprint density at radius 2 is 2.21 bits per heavy atom. The standard InChI is InChI=1S/C17H30O2/c1-6-8-10-15-11-12-16(14(4)18-5)19-17(15)13(3)9-7-2/h12-13,15,17H,4,6-11H2,1-3,5H3. The number of unbranched alkanes of at least 4 members (excludes halogenated alkanes) is 1. The average molecular weight is 266 g/mol. The van der Waals surface area contributed by atoms with Gasteiger partial charge in [0.25, 0.3) is 0 Å². The van der Waals surface area contributed by atoms with Gasteiger partial charge in [0, 0.05) is 0 Å². The van der Waals surface area contributed by atoms with Crippen molar-refractivity contribution in [3.8, 4) is 0 Å². The third-order valence-corrected chi connectivity index (χ3v) is 4.09. The van der Waals surface area contributed by atoms with E-state index in [1.54, 1.807) is 7.11 Å². The van der Waals surface area contributed by atoms with Crippen molar-refractivity contribution in [3.63, 3.8) is 0 Å². The number of allylic oxidation sites excluding steroid dienone is 1. The maximum absolute atomic E-state index is 6.20. The van der Waals surface area contributed by atoms with Gasteiger partial charge in [-0.3, -0.25) is 0 Å². The highest BCUT2D eigenvalue weighted by molar-refractivity contribution is 5.19. The Labute approximate surface area is 118 Å². The molecule has 1 heterocycles. The van der Waals surface area contributed by atoms with Crippen molar-refractivity contribution in [2.75, 3.05) is 7.11 Å². The molecule has 0 fully saturated rings. The van der Waals surface area contributed by atoms with Crippen LogP contribution < -0.4 is 0 Å². The van der Waals surface area contributed by atoms with Crippen molar-refractivity contribution >= 4 is 0 Å². The molecule has 0 saturated heterocycles. The van der Waals surface area contributed by atoms with Gasteiger partial charge in [-0.05, 0) is 37.2 Å². The van der Waals surface area contributed by atoms with E-state index in [4.69, 9.17) is 9.47 Å². The largest absolute Gasteiger partial charge is 0.494 e. The molecule has 0 radical (unpaired) electrons. The first kappa shape index (κ1) is 16.1. The summed E-state index contributed by atoms with van der Waals surface area (Å²) in [5.41, 5.74) is 0. The van der Waals surface area contributed by atoms with E-state index in [0.29, 0.717) is 23.7 Å². The molecule has 2 heteroatoms. The van der Waals surface area contributed by atoms with Crippen LogP contribution in [0.5, 0.6) is 0 Å². The predicted molar refractivity (Wildman–Crippen MR) is 80.8 cm³/mol. The zero-order chi connectivity index (χ0) is 14.3. The number of methoxy groups -OCH3 is 1. The van der Waals surface area contributed by atoms with Crippen LogP contribution in [-0.2, 0) is 9.47 Å². The van der Waals surface area contributed by atoms with E-state index in [1.807, 2.05) is 0 Å². The quantitative estimate of drug-likeness (QED) is 0.572. The first-order valence-electron chi connectivity index (χ1n) is 7.74.